The van der Waals surface area contributed by atoms with E-state index in [1.165, 1.54) is 6.07 Å². The minimum Gasteiger partial charge on any atom is -0.545 e. The van der Waals surface area contributed by atoms with E-state index in [1.807, 2.05) is 18.2 Å². The molecule has 0 fully saturated rings. The molecule has 0 saturated carbocycles. The van der Waals surface area contributed by atoms with Gasteiger partial charge in [-0.25, -0.2) is 0 Å². The smallest absolute Gasteiger partial charge is 0.291 e. The van der Waals surface area contributed by atoms with E-state index in [0.29, 0.717) is 11.3 Å². The van der Waals surface area contributed by atoms with Gasteiger partial charge in [0.2, 0.25) is 0 Å². The van der Waals surface area contributed by atoms with Crippen LogP contribution in [0.15, 0.2) is 52.3 Å². The van der Waals surface area contributed by atoms with Crippen LogP contribution in [0.2, 0.25) is 0 Å². The molecule has 0 aliphatic carbocycles. The van der Waals surface area contributed by atoms with Gasteiger partial charge in [-0.15, -0.1) is 11.3 Å². The first-order chi connectivity index (χ1) is 11.1. The van der Waals surface area contributed by atoms with Gasteiger partial charge in [0.25, 0.3) is 5.91 Å². The van der Waals surface area contributed by atoms with Gasteiger partial charge in [-0.3, -0.25) is 4.79 Å². The molecule has 0 radical (unpaired) electrons. The van der Waals surface area contributed by atoms with Gasteiger partial charge in [0.15, 0.2) is 5.76 Å². The second-order valence-corrected chi connectivity index (χ2v) is 5.75. The molecule has 5 nitrogen and oxygen atoms in total. The van der Waals surface area contributed by atoms with E-state index in [0.717, 1.165) is 16.9 Å². The molecule has 0 saturated heterocycles. The van der Waals surface area contributed by atoms with Crippen molar-refractivity contribution in [3.8, 4) is 11.1 Å². The molecule has 2 aromatic heterocycles. The van der Waals surface area contributed by atoms with Crippen molar-refractivity contribution in [3.05, 3.63) is 64.9 Å². The van der Waals surface area contributed by atoms with Gasteiger partial charge in [-0.2, -0.15) is 0 Å². The molecule has 2 heterocycles. The van der Waals surface area contributed by atoms with E-state index >= 15 is 0 Å². The molecule has 116 valence electrons. The van der Waals surface area contributed by atoms with Crippen LogP contribution in [-0.2, 0) is 0 Å². The Kier molecular flexibility index (Phi) is 3.99. The Hall–Kier alpha value is -2.86. The summed E-state index contributed by atoms with van der Waals surface area (Å²) in [6.07, 6.45) is 0. The van der Waals surface area contributed by atoms with Crippen LogP contribution in [-0.4, -0.2) is 11.9 Å². The Bertz CT molecular complexity index is 864. The quantitative estimate of drug-likeness (QED) is 0.799. The highest BCUT2D eigenvalue weighted by atomic mass is 32.1. The maximum absolute atomic E-state index is 12.1. The first-order valence-electron chi connectivity index (χ1n) is 6.82. The van der Waals surface area contributed by atoms with Gasteiger partial charge < -0.3 is 19.6 Å². The molecule has 0 spiro atoms. The fraction of sp³-hybridized carbons (Fsp3) is 0.0588. The molecule has 0 aliphatic rings. The summed E-state index contributed by atoms with van der Waals surface area (Å²) in [5.41, 5.74) is 1.23. The van der Waals surface area contributed by atoms with Crippen molar-refractivity contribution in [2.24, 2.45) is 0 Å². The lowest BCUT2D eigenvalue weighted by Gasteiger charge is -2.09. The fourth-order valence-corrected chi connectivity index (χ4v) is 3.16. The lowest BCUT2D eigenvalue weighted by atomic mass is 10.0. The van der Waals surface area contributed by atoms with E-state index in [9.17, 15) is 14.7 Å². The number of carboxylic acids is 1. The number of anilines is 1. The second-order valence-electron chi connectivity index (χ2n) is 4.87. The van der Waals surface area contributed by atoms with Crippen LogP contribution in [0.1, 0.15) is 26.7 Å². The van der Waals surface area contributed by atoms with Gasteiger partial charge >= 0.3 is 0 Å². The third-order valence-corrected chi connectivity index (χ3v) is 4.17. The largest absolute Gasteiger partial charge is 0.545 e. The van der Waals surface area contributed by atoms with Crippen LogP contribution in [0.3, 0.4) is 0 Å². The number of hydrogen-bond acceptors (Lipinski definition) is 5. The SMILES string of the molecule is Cc1ccc(C(=O)Nc2scc(-c3ccccc3)c2C(=O)[O-])o1. The highest BCUT2D eigenvalue weighted by Gasteiger charge is 2.18. The minimum atomic E-state index is -1.34. The van der Waals surface area contributed by atoms with E-state index in [2.05, 4.69) is 5.32 Å². The molecular weight excluding hydrogens is 314 g/mol. The number of benzene rings is 1. The summed E-state index contributed by atoms with van der Waals surface area (Å²) < 4.78 is 5.24. The summed E-state index contributed by atoms with van der Waals surface area (Å²) in [6, 6.07) is 12.3. The zero-order chi connectivity index (χ0) is 16.4. The highest BCUT2D eigenvalue weighted by Crippen LogP contribution is 2.35. The normalized spacial score (nSPS) is 10.5. The summed E-state index contributed by atoms with van der Waals surface area (Å²) in [5, 5.41) is 16.0. The predicted octanol–water partition coefficient (Wildman–Crippen LogP) is 2.93. The summed E-state index contributed by atoms with van der Waals surface area (Å²) in [6.45, 7) is 1.72. The van der Waals surface area contributed by atoms with E-state index in [1.54, 1.807) is 30.5 Å². The number of rotatable bonds is 4. The average molecular weight is 326 g/mol. The van der Waals surface area contributed by atoms with Gasteiger partial charge in [0.1, 0.15) is 10.8 Å². The topological polar surface area (TPSA) is 82.4 Å². The maximum Gasteiger partial charge on any atom is 0.291 e. The van der Waals surface area contributed by atoms with Crippen molar-refractivity contribution in [2.75, 3.05) is 5.32 Å². The van der Waals surface area contributed by atoms with Crippen molar-refractivity contribution in [1.29, 1.82) is 0 Å². The lowest BCUT2D eigenvalue weighted by Crippen LogP contribution is -2.24. The van der Waals surface area contributed by atoms with Gasteiger partial charge in [0.05, 0.1) is 5.97 Å². The molecule has 0 bridgehead atoms. The predicted molar refractivity (Wildman–Crippen MR) is 85.5 cm³/mol. The number of furan rings is 1. The monoisotopic (exact) mass is 326 g/mol. The zero-order valence-corrected chi connectivity index (χ0v) is 13.0. The summed E-state index contributed by atoms with van der Waals surface area (Å²) >= 11 is 1.13. The molecule has 6 heteroatoms. The fourth-order valence-electron chi connectivity index (χ4n) is 2.20. The van der Waals surface area contributed by atoms with Crippen LogP contribution >= 0.6 is 11.3 Å². The molecule has 1 aromatic carbocycles. The number of thiophene rings is 1. The molecule has 3 rings (SSSR count). The Morgan fingerprint density at radius 2 is 1.87 bits per heavy atom. The number of nitrogens with one attached hydrogen (secondary N) is 1. The van der Waals surface area contributed by atoms with Crippen molar-refractivity contribution >= 4 is 28.2 Å². The molecule has 23 heavy (non-hydrogen) atoms. The van der Waals surface area contributed by atoms with Crippen LogP contribution in [0, 0.1) is 6.92 Å². The highest BCUT2D eigenvalue weighted by molar-refractivity contribution is 7.15. The minimum absolute atomic E-state index is 0.0298. The van der Waals surface area contributed by atoms with E-state index < -0.39 is 11.9 Å². The average Bonchev–Trinajstić information content (AvgIpc) is 3.14. The van der Waals surface area contributed by atoms with Gasteiger partial charge in [-0.05, 0) is 24.6 Å². The third-order valence-electron chi connectivity index (χ3n) is 3.27. The molecule has 0 atom stereocenters. The number of carbonyl (C=O) groups is 2. The third kappa shape index (κ3) is 3.02. The van der Waals surface area contributed by atoms with E-state index in [-0.39, 0.29) is 16.3 Å². The van der Waals surface area contributed by atoms with Crippen molar-refractivity contribution in [2.45, 2.75) is 6.92 Å². The lowest BCUT2D eigenvalue weighted by molar-refractivity contribution is -0.254. The standard InChI is InChI=1S/C17H13NO4S/c1-10-7-8-13(22-10)15(19)18-16-14(17(20)21)12(9-23-16)11-5-3-2-4-6-11/h2-9H,1H3,(H,18,19)(H,20,21)/p-1. The van der Waals surface area contributed by atoms with Crippen molar-refractivity contribution < 1.29 is 19.1 Å². The number of aryl methyl sites for hydroxylation is 1. The van der Waals surface area contributed by atoms with Gasteiger partial charge in [0, 0.05) is 16.5 Å². The molecule has 0 aliphatic heterocycles. The van der Waals surface area contributed by atoms with Gasteiger partial charge in [-0.1, -0.05) is 30.3 Å². The Labute approximate surface area is 136 Å². The number of carbonyl (C=O) groups excluding carboxylic acids is 2. The van der Waals surface area contributed by atoms with Crippen LogP contribution in [0.25, 0.3) is 11.1 Å². The van der Waals surface area contributed by atoms with Crippen LogP contribution in [0.5, 0.6) is 0 Å². The first kappa shape index (κ1) is 15.1. The van der Waals surface area contributed by atoms with E-state index in [4.69, 9.17) is 4.42 Å². The number of amides is 1. The molecule has 1 N–H and O–H groups in total. The molecule has 0 unspecified atom stereocenters. The summed E-state index contributed by atoms with van der Waals surface area (Å²) in [4.78, 5) is 23.7. The van der Waals surface area contributed by atoms with Crippen LogP contribution < -0.4 is 10.4 Å². The van der Waals surface area contributed by atoms with Crippen molar-refractivity contribution in [3.63, 3.8) is 0 Å². The number of hydrogen-bond donors (Lipinski definition) is 1. The Morgan fingerprint density at radius 1 is 1.13 bits per heavy atom. The Balaban J connectivity index is 1.96. The summed E-state index contributed by atoms with van der Waals surface area (Å²) in [5.74, 6) is -1.11. The first-order valence-corrected chi connectivity index (χ1v) is 7.70. The van der Waals surface area contributed by atoms with Crippen molar-refractivity contribution in [1.82, 2.24) is 0 Å². The molecule has 3 aromatic rings. The maximum atomic E-state index is 12.1. The Morgan fingerprint density at radius 3 is 2.48 bits per heavy atom. The van der Waals surface area contributed by atoms with Crippen LogP contribution in [0.4, 0.5) is 5.00 Å². The summed E-state index contributed by atoms with van der Waals surface area (Å²) in [7, 11) is 0. The number of aromatic carboxylic acids is 1. The zero-order valence-electron chi connectivity index (χ0n) is 12.2. The molecule has 1 amide bonds. The number of carboxylic acid groups (broad SMARTS) is 1. The molecular formula is C17H12NO4S-. The second kappa shape index (κ2) is 6.10.